The Kier molecular flexibility index (Phi) is 7.96. The molecule has 5 nitrogen and oxygen atoms in total. The fraction of sp³-hybridized carbons (Fsp3) is 1.00. The van der Waals surface area contributed by atoms with Crippen molar-refractivity contribution < 1.29 is 10.0 Å². The van der Waals surface area contributed by atoms with Crippen molar-refractivity contribution in [1.82, 2.24) is 5.32 Å². The third-order valence-electron chi connectivity index (χ3n) is 2.46. The maximum atomic E-state index is 8.68. The lowest BCUT2D eigenvalue weighted by Gasteiger charge is -2.25. The van der Waals surface area contributed by atoms with Crippen LogP contribution in [0.3, 0.4) is 0 Å². The van der Waals surface area contributed by atoms with Gasteiger partial charge in [0.05, 0.1) is 0 Å². The Morgan fingerprint density at radius 1 is 1.38 bits per heavy atom. The summed E-state index contributed by atoms with van der Waals surface area (Å²) in [7, 11) is -1.19. The molecule has 0 aliphatic rings. The Labute approximate surface area is 98.7 Å². The number of unbranched alkanes of at least 4 members (excludes halogenated alkanes) is 1. The molecule has 0 saturated heterocycles. The predicted octanol–water partition coefficient (Wildman–Crippen LogP) is -0.716. The van der Waals surface area contributed by atoms with Crippen LogP contribution >= 0.6 is 0 Å². The van der Waals surface area contributed by atoms with Crippen LogP contribution in [0.2, 0.25) is 6.32 Å². The Morgan fingerprint density at radius 2 is 2.00 bits per heavy atom. The van der Waals surface area contributed by atoms with Crippen LogP contribution in [0.5, 0.6) is 0 Å². The number of hydrogen-bond acceptors (Lipinski definition) is 5. The van der Waals surface area contributed by atoms with Crippen LogP contribution in [-0.4, -0.2) is 41.8 Å². The van der Waals surface area contributed by atoms with Gasteiger partial charge in [0.25, 0.3) is 0 Å². The summed E-state index contributed by atoms with van der Waals surface area (Å²) >= 11 is 0. The first kappa shape index (κ1) is 15.9. The van der Waals surface area contributed by atoms with Gasteiger partial charge in [0.2, 0.25) is 0 Å². The highest BCUT2D eigenvalue weighted by Gasteiger charge is 2.17. The molecular weight excluding hydrogens is 205 g/mol. The first-order chi connectivity index (χ1) is 7.33. The average Bonchev–Trinajstić information content (AvgIpc) is 2.11. The van der Waals surface area contributed by atoms with Gasteiger partial charge in [-0.15, -0.1) is 0 Å². The van der Waals surface area contributed by atoms with Gasteiger partial charge in [-0.1, -0.05) is 12.8 Å². The van der Waals surface area contributed by atoms with Gasteiger partial charge in [-0.3, -0.25) is 0 Å². The third kappa shape index (κ3) is 10.4. The normalized spacial score (nSPS) is 16.9. The lowest BCUT2D eigenvalue weighted by atomic mass is 9.82. The van der Waals surface area contributed by atoms with Gasteiger partial charge in [0, 0.05) is 24.7 Å². The lowest BCUT2D eigenvalue weighted by Crippen LogP contribution is -2.48. The molecule has 96 valence electrons. The summed E-state index contributed by atoms with van der Waals surface area (Å²) in [4.78, 5) is 0. The van der Waals surface area contributed by atoms with Gasteiger partial charge in [-0.25, -0.2) is 0 Å². The molecule has 0 fully saturated rings. The van der Waals surface area contributed by atoms with E-state index < -0.39 is 7.12 Å². The second kappa shape index (κ2) is 8.03. The van der Waals surface area contributed by atoms with Crippen molar-refractivity contribution in [1.29, 1.82) is 0 Å². The third-order valence-corrected chi connectivity index (χ3v) is 2.46. The molecule has 0 amide bonds. The number of nitrogens with one attached hydrogen (secondary N) is 1. The molecule has 0 aromatic rings. The maximum Gasteiger partial charge on any atom is 0.451 e. The fourth-order valence-corrected chi connectivity index (χ4v) is 1.53. The summed E-state index contributed by atoms with van der Waals surface area (Å²) in [6, 6.07) is 0.139. The maximum absolute atomic E-state index is 8.68. The lowest BCUT2D eigenvalue weighted by molar-refractivity contribution is 0.374. The van der Waals surface area contributed by atoms with Crippen LogP contribution in [-0.2, 0) is 0 Å². The molecule has 0 bridgehead atoms. The highest BCUT2D eigenvalue weighted by atomic mass is 16.4. The van der Waals surface area contributed by atoms with Crippen molar-refractivity contribution in [3.05, 3.63) is 0 Å². The van der Waals surface area contributed by atoms with Gasteiger partial charge in [-0.2, -0.15) is 0 Å². The standard InChI is InChI=1S/C10H26BN3O2/c1-9(12)7-14-8-10(2,13)5-3-4-6-11(15)16/h9,14-16H,3-8,12-13H2,1-2H3/t9-,10?/m1/s1. The summed E-state index contributed by atoms with van der Waals surface area (Å²) in [5, 5.41) is 20.6. The Morgan fingerprint density at radius 3 is 2.50 bits per heavy atom. The van der Waals surface area contributed by atoms with E-state index in [-0.39, 0.29) is 11.6 Å². The van der Waals surface area contributed by atoms with E-state index in [1.54, 1.807) is 0 Å². The first-order valence-electron chi connectivity index (χ1n) is 5.95. The van der Waals surface area contributed by atoms with E-state index in [0.717, 1.165) is 32.4 Å². The van der Waals surface area contributed by atoms with Gasteiger partial charge in [-0.05, 0) is 26.6 Å². The predicted molar refractivity (Wildman–Crippen MR) is 68.0 cm³/mol. The molecule has 0 spiro atoms. The summed E-state index contributed by atoms with van der Waals surface area (Å²) < 4.78 is 0. The quantitative estimate of drug-likeness (QED) is 0.266. The van der Waals surface area contributed by atoms with E-state index in [0.29, 0.717) is 6.32 Å². The molecule has 0 aliphatic carbocycles. The van der Waals surface area contributed by atoms with Gasteiger partial charge in [0.15, 0.2) is 0 Å². The Bertz CT molecular complexity index is 177. The minimum atomic E-state index is -1.19. The van der Waals surface area contributed by atoms with E-state index in [2.05, 4.69) is 5.32 Å². The number of rotatable bonds is 9. The smallest absolute Gasteiger partial charge is 0.427 e. The van der Waals surface area contributed by atoms with Gasteiger partial charge in [0.1, 0.15) is 0 Å². The van der Waals surface area contributed by atoms with Crippen molar-refractivity contribution in [3.63, 3.8) is 0 Å². The van der Waals surface area contributed by atoms with E-state index in [4.69, 9.17) is 21.5 Å². The van der Waals surface area contributed by atoms with E-state index in [1.807, 2.05) is 13.8 Å². The molecule has 16 heavy (non-hydrogen) atoms. The molecule has 2 atom stereocenters. The molecule has 7 N–H and O–H groups in total. The molecular formula is C10H26BN3O2. The topological polar surface area (TPSA) is 105 Å². The largest absolute Gasteiger partial charge is 0.451 e. The van der Waals surface area contributed by atoms with Crippen LogP contribution in [0.4, 0.5) is 0 Å². The average molecular weight is 231 g/mol. The summed E-state index contributed by atoms with van der Waals surface area (Å²) in [5.74, 6) is 0. The second-order valence-electron chi connectivity index (χ2n) is 4.99. The Hall–Kier alpha value is -0.135. The minimum Gasteiger partial charge on any atom is -0.427 e. The molecule has 0 aromatic carbocycles. The van der Waals surface area contributed by atoms with Gasteiger partial charge < -0.3 is 26.8 Å². The van der Waals surface area contributed by atoms with Crippen molar-refractivity contribution in [2.45, 2.75) is 51.0 Å². The SMILES string of the molecule is C[C@@H](N)CNCC(C)(N)CCCCB(O)O. The fourth-order valence-electron chi connectivity index (χ4n) is 1.53. The highest BCUT2D eigenvalue weighted by Crippen LogP contribution is 2.11. The zero-order chi connectivity index (χ0) is 12.6. The molecule has 0 saturated carbocycles. The zero-order valence-corrected chi connectivity index (χ0v) is 10.4. The number of nitrogens with two attached hydrogens (primary N) is 2. The molecule has 0 heterocycles. The molecule has 0 radical (unpaired) electrons. The van der Waals surface area contributed by atoms with Crippen LogP contribution in [0, 0.1) is 0 Å². The Balaban J connectivity index is 3.53. The van der Waals surface area contributed by atoms with Crippen LogP contribution in [0.25, 0.3) is 0 Å². The van der Waals surface area contributed by atoms with Crippen molar-refractivity contribution >= 4 is 7.12 Å². The number of hydrogen-bond donors (Lipinski definition) is 5. The van der Waals surface area contributed by atoms with E-state index in [1.165, 1.54) is 0 Å². The van der Waals surface area contributed by atoms with Crippen LogP contribution in [0.1, 0.15) is 33.1 Å². The molecule has 6 heteroatoms. The van der Waals surface area contributed by atoms with E-state index in [9.17, 15) is 0 Å². The second-order valence-corrected chi connectivity index (χ2v) is 4.99. The molecule has 0 aromatic heterocycles. The van der Waals surface area contributed by atoms with Crippen LogP contribution in [0.15, 0.2) is 0 Å². The molecule has 0 rings (SSSR count). The summed E-state index contributed by atoms with van der Waals surface area (Å²) in [5.41, 5.74) is 11.5. The van der Waals surface area contributed by atoms with E-state index >= 15 is 0 Å². The van der Waals surface area contributed by atoms with Crippen molar-refractivity contribution in [2.75, 3.05) is 13.1 Å². The van der Waals surface area contributed by atoms with Crippen molar-refractivity contribution in [2.24, 2.45) is 11.5 Å². The van der Waals surface area contributed by atoms with Crippen LogP contribution < -0.4 is 16.8 Å². The monoisotopic (exact) mass is 231 g/mol. The summed E-state index contributed by atoms with van der Waals surface area (Å²) in [6.07, 6.45) is 2.98. The molecule has 0 aliphatic heterocycles. The highest BCUT2D eigenvalue weighted by molar-refractivity contribution is 6.40. The molecule has 1 unspecified atom stereocenters. The van der Waals surface area contributed by atoms with Gasteiger partial charge >= 0.3 is 7.12 Å². The zero-order valence-electron chi connectivity index (χ0n) is 10.4. The van der Waals surface area contributed by atoms with Crippen molar-refractivity contribution in [3.8, 4) is 0 Å². The minimum absolute atomic E-state index is 0.139. The first-order valence-corrected chi connectivity index (χ1v) is 5.95. The summed E-state index contributed by atoms with van der Waals surface area (Å²) in [6.45, 7) is 5.44.